The Morgan fingerprint density at radius 1 is 1.12 bits per heavy atom. The van der Waals surface area contributed by atoms with Gasteiger partial charge in [-0.05, 0) is 85.3 Å². The summed E-state index contributed by atoms with van der Waals surface area (Å²) in [4.78, 5) is 27.1. The number of methoxy groups -OCH3 is 1. The topological polar surface area (TPSA) is 66.8 Å². The maximum Gasteiger partial charge on any atom is 0.338 e. The van der Waals surface area contributed by atoms with Crippen LogP contribution in [0.15, 0.2) is 47.1 Å². The zero-order chi connectivity index (χ0) is 23.5. The molecule has 1 aromatic carbocycles. The van der Waals surface area contributed by atoms with Gasteiger partial charge in [-0.2, -0.15) is 0 Å². The summed E-state index contributed by atoms with van der Waals surface area (Å²) in [6.45, 7) is 2.11. The van der Waals surface area contributed by atoms with Gasteiger partial charge in [0.2, 0.25) is 0 Å². The van der Waals surface area contributed by atoms with Gasteiger partial charge in [0.1, 0.15) is 0 Å². The number of esters is 1. The van der Waals surface area contributed by atoms with E-state index in [1.807, 2.05) is 20.2 Å². The molecule has 1 aromatic rings. The molecule has 0 heterocycles. The first kappa shape index (κ1) is 22.4. The number of benzene rings is 1. The van der Waals surface area contributed by atoms with Crippen molar-refractivity contribution in [3.63, 3.8) is 0 Å². The van der Waals surface area contributed by atoms with Crippen LogP contribution in [0.3, 0.4) is 0 Å². The Hall–Kier alpha value is -2.40. The largest absolute Gasteiger partial charge is 0.467 e. The number of rotatable bonds is 3. The second-order valence-electron chi connectivity index (χ2n) is 10.9. The van der Waals surface area contributed by atoms with E-state index in [9.17, 15) is 14.7 Å². The summed E-state index contributed by atoms with van der Waals surface area (Å²) < 4.78 is 5.12. The van der Waals surface area contributed by atoms with E-state index in [2.05, 4.69) is 36.1 Å². The molecule has 0 aliphatic heterocycles. The van der Waals surface area contributed by atoms with Crippen molar-refractivity contribution in [2.75, 3.05) is 26.1 Å². The zero-order valence-corrected chi connectivity index (χ0v) is 20.2. The van der Waals surface area contributed by atoms with Crippen LogP contribution < -0.4 is 4.90 Å². The summed E-state index contributed by atoms with van der Waals surface area (Å²) in [5.41, 5.74) is 4.43. The number of allylic oxidation sites excluding steroid dienone is 4. The number of carbonyl (C=O) groups excluding carboxylic acids is 2. The van der Waals surface area contributed by atoms with E-state index in [0.717, 1.165) is 31.4 Å². The van der Waals surface area contributed by atoms with Crippen LogP contribution in [-0.4, -0.2) is 43.7 Å². The van der Waals surface area contributed by atoms with Crippen molar-refractivity contribution < 1.29 is 19.4 Å². The Kier molecular flexibility index (Phi) is 5.32. The van der Waals surface area contributed by atoms with E-state index in [1.165, 1.54) is 29.4 Å². The van der Waals surface area contributed by atoms with Crippen LogP contribution in [0, 0.1) is 17.3 Å². The van der Waals surface area contributed by atoms with Crippen molar-refractivity contribution in [2.45, 2.75) is 63.4 Å². The number of ketones is 1. The van der Waals surface area contributed by atoms with Crippen molar-refractivity contribution in [1.29, 1.82) is 0 Å². The number of hydrogen-bond donors (Lipinski definition) is 1. The SMILES string of the molecule is COC(=O)C1(O)CCC2C3CCC4=CC(=O)CCC4=C3C(c3ccc(N(C)C)cc3)C[C@@]21C. The van der Waals surface area contributed by atoms with Crippen LogP contribution in [-0.2, 0) is 14.3 Å². The van der Waals surface area contributed by atoms with Crippen molar-refractivity contribution in [3.8, 4) is 0 Å². The van der Waals surface area contributed by atoms with E-state index in [-0.39, 0.29) is 17.6 Å². The van der Waals surface area contributed by atoms with E-state index in [0.29, 0.717) is 25.2 Å². The van der Waals surface area contributed by atoms with Crippen LogP contribution in [0.25, 0.3) is 0 Å². The third-order valence-electron chi connectivity index (χ3n) is 9.22. The Morgan fingerprint density at radius 2 is 1.85 bits per heavy atom. The number of ether oxygens (including phenoxy) is 1. The van der Waals surface area contributed by atoms with Gasteiger partial charge in [-0.3, -0.25) is 4.79 Å². The van der Waals surface area contributed by atoms with Gasteiger partial charge in [-0.25, -0.2) is 4.79 Å². The number of anilines is 1. The lowest BCUT2D eigenvalue weighted by molar-refractivity contribution is -0.179. The van der Waals surface area contributed by atoms with Crippen molar-refractivity contribution in [3.05, 3.63) is 52.6 Å². The minimum atomic E-state index is -1.46. The highest BCUT2D eigenvalue weighted by Gasteiger charge is 2.66. The molecular weight excluding hydrogens is 414 g/mol. The Morgan fingerprint density at radius 3 is 2.52 bits per heavy atom. The van der Waals surface area contributed by atoms with Gasteiger partial charge in [0.05, 0.1) is 7.11 Å². The summed E-state index contributed by atoms with van der Waals surface area (Å²) in [5, 5.41) is 11.7. The number of aliphatic hydroxyl groups is 1. The molecular formula is C28H35NO4. The third-order valence-corrected chi connectivity index (χ3v) is 9.22. The summed E-state index contributed by atoms with van der Waals surface area (Å²) >= 11 is 0. The fourth-order valence-corrected chi connectivity index (χ4v) is 7.47. The molecule has 2 fully saturated rings. The maximum atomic E-state index is 12.8. The molecule has 5 nitrogen and oxygen atoms in total. The fourth-order valence-electron chi connectivity index (χ4n) is 7.47. The third kappa shape index (κ3) is 3.23. The lowest BCUT2D eigenvalue weighted by Gasteiger charge is -2.54. The van der Waals surface area contributed by atoms with Crippen molar-refractivity contribution in [2.24, 2.45) is 17.3 Å². The molecule has 0 radical (unpaired) electrons. The summed E-state index contributed by atoms with van der Waals surface area (Å²) in [6.07, 6.45) is 7.14. The molecule has 176 valence electrons. The highest BCUT2D eigenvalue weighted by atomic mass is 16.5. The molecule has 0 aromatic heterocycles. The molecule has 1 N–H and O–H groups in total. The van der Waals surface area contributed by atoms with Gasteiger partial charge in [-0.1, -0.05) is 24.6 Å². The van der Waals surface area contributed by atoms with Gasteiger partial charge in [0.25, 0.3) is 0 Å². The minimum absolute atomic E-state index is 0.119. The Balaban J connectivity index is 1.66. The molecule has 0 spiro atoms. The number of hydrogen-bond acceptors (Lipinski definition) is 5. The van der Waals surface area contributed by atoms with Gasteiger partial charge in [-0.15, -0.1) is 0 Å². The quantitative estimate of drug-likeness (QED) is 0.686. The monoisotopic (exact) mass is 449 g/mol. The van der Waals surface area contributed by atoms with E-state index in [1.54, 1.807) is 0 Å². The average molecular weight is 450 g/mol. The molecule has 33 heavy (non-hydrogen) atoms. The summed E-state index contributed by atoms with van der Waals surface area (Å²) in [7, 11) is 5.45. The molecule has 4 aliphatic carbocycles. The molecule has 0 saturated heterocycles. The molecule has 5 rings (SSSR count). The second-order valence-corrected chi connectivity index (χ2v) is 10.9. The van der Waals surface area contributed by atoms with Crippen molar-refractivity contribution in [1.82, 2.24) is 0 Å². The number of nitrogens with zero attached hydrogens (tertiary/aromatic N) is 1. The average Bonchev–Trinajstić information content (AvgIpc) is 3.09. The first-order chi connectivity index (χ1) is 15.7. The van der Waals surface area contributed by atoms with E-state index < -0.39 is 17.0 Å². The van der Waals surface area contributed by atoms with Crippen LogP contribution in [0.2, 0.25) is 0 Å². The second kappa shape index (κ2) is 7.83. The predicted octanol–water partition coefficient (Wildman–Crippen LogP) is 4.56. The minimum Gasteiger partial charge on any atom is -0.467 e. The van der Waals surface area contributed by atoms with Gasteiger partial charge < -0.3 is 14.7 Å². The maximum absolute atomic E-state index is 12.8. The molecule has 2 saturated carbocycles. The lowest BCUT2D eigenvalue weighted by Crippen LogP contribution is -2.56. The van der Waals surface area contributed by atoms with E-state index in [4.69, 9.17) is 4.74 Å². The molecule has 4 aliphatic rings. The lowest BCUT2D eigenvalue weighted by atomic mass is 9.51. The highest BCUT2D eigenvalue weighted by Crippen LogP contribution is 2.66. The molecule has 0 amide bonds. The molecule has 5 atom stereocenters. The first-order valence-corrected chi connectivity index (χ1v) is 12.2. The van der Waals surface area contributed by atoms with Crippen LogP contribution >= 0.6 is 0 Å². The van der Waals surface area contributed by atoms with Crippen LogP contribution in [0.1, 0.15) is 63.4 Å². The number of carbonyl (C=O) groups is 2. The Labute approximate surface area is 196 Å². The number of fused-ring (bicyclic) bond motifs is 4. The van der Waals surface area contributed by atoms with Gasteiger partial charge in [0.15, 0.2) is 11.4 Å². The first-order valence-electron chi connectivity index (χ1n) is 12.2. The fraction of sp³-hybridized carbons (Fsp3) is 0.571. The Bertz CT molecular complexity index is 1050. The van der Waals surface area contributed by atoms with Crippen LogP contribution in [0.4, 0.5) is 5.69 Å². The summed E-state index contributed by atoms with van der Waals surface area (Å²) in [6, 6.07) is 8.70. The van der Waals surface area contributed by atoms with Crippen molar-refractivity contribution >= 4 is 17.4 Å². The van der Waals surface area contributed by atoms with Crippen LogP contribution in [0.5, 0.6) is 0 Å². The smallest absolute Gasteiger partial charge is 0.338 e. The normalized spacial score (nSPS) is 35.4. The van der Waals surface area contributed by atoms with E-state index >= 15 is 0 Å². The zero-order valence-electron chi connectivity index (χ0n) is 20.2. The molecule has 5 heteroatoms. The standard InChI is InChI=1S/C28H35NO4/c1-27-16-23(17-5-8-19(9-6-17)29(2)3)25-21-12-10-20(30)15-18(21)7-11-22(25)24(27)13-14-28(27,32)26(31)33-4/h5-6,8-9,15,22-24,32H,7,10-14,16H2,1-4H3/t22?,23?,24?,27-,28?/m0/s1. The predicted molar refractivity (Wildman–Crippen MR) is 128 cm³/mol. The molecule has 4 unspecified atom stereocenters. The highest BCUT2D eigenvalue weighted by molar-refractivity contribution is 5.93. The summed E-state index contributed by atoms with van der Waals surface area (Å²) in [5.74, 6) is 0.418. The molecule has 0 bridgehead atoms. The van der Waals surface area contributed by atoms with Gasteiger partial charge in [0, 0.05) is 37.5 Å². The van der Waals surface area contributed by atoms with Gasteiger partial charge >= 0.3 is 5.97 Å².